The number of carbonyl (C=O) groups is 1. The summed E-state index contributed by atoms with van der Waals surface area (Å²) >= 11 is 3.33. The van der Waals surface area contributed by atoms with Gasteiger partial charge in [-0.15, -0.1) is 0 Å². The predicted octanol–water partition coefficient (Wildman–Crippen LogP) is 3.53. The summed E-state index contributed by atoms with van der Waals surface area (Å²) in [6.07, 6.45) is 0. The van der Waals surface area contributed by atoms with Crippen LogP contribution in [0.5, 0.6) is 5.75 Å². The van der Waals surface area contributed by atoms with Gasteiger partial charge in [-0.25, -0.2) is 0 Å². The van der Waals surface area contributed by atoms with Crippen molar-refractivity contribution in [3.63, 3.8) is 0 Å². The molecule has 0 aliphatic rings. The van der Waals surface area contributed by atoms with Gasteiger partial charge in [0.25, 0.3) is 5.91 Å². The summed E-state index contributed by atoms with van der Waals surface area (Å²) < 4.78 is 5.97. The summed E-state index contributed by atoms with van der Waals surface area (Å²) in [4.78, 5) is 12.3. The van der Waals surface area contributed by atoms with Crippen LogP contribution in [0.3, 0.4) is 0 Å². The highest BCUT2D eigenvalue weighted by Gasteiger charge is 2.13. The lowest BCUT2D eigenvalue weighted by Gasteiger charge is -2.15. The van der Waals surface area contributed by atoms with E-state index in [0.717, 1.165) is 15.8 Å². The van der Waals surface area contributed by atoms with E-state index < -0.39 is 0 Å². The van der Waals surface area contributed by atoms with Crippen LogP contribution in [0, 0.1) is 0 Å². The zero-order valence-corrected chi connectivity index (χ0v) is 13.5. The molecule has 0 unspecified atom stereocenters. The highest BCUT2D eigenvalue weighted by atomic mass is 79.9. The van der Waals surface area contributed by atoms with Crippen LogP contribution in [0.1, 0.15) is 28.9 Å². The smallest absolute Gasteiger partial charge is 0.251 e. The molecule has 0 fully saturated rings. The number of carbonyl (C=O) groups excluding carboxylic acids is 1. The molecule has 0 heterocycles. The van der Waals surface area contributed by atoms with Crippen LogP contribution in [0.15, 0.2) is 46.9 Å². The van der Waals surface area contributed by atoms with Crippen molar-refractivity contribution in [3.8, 4) is 5.75 Å². The molecule has 2 aromatic carbocycles. The van der Waals surface area contributed by atoms with Gasteiger partial charge in [-0.2, -0.15) is 0 Å². The number of amides is 1. The number of nitrogens with one attached hydrogen (secondary N) is 1. The van der Waals surface area contributed by atoms with Crippen LogP contribution in [0.2, 0.25) is 0 Å². The standard InChI is InChI=1S/C16H17BrN2O2/c1-10(11-4-3-5-15(8-11)21-2)19-16(20)12-6-13(17)9-14(18)7-12/h3-10H,18H2,1-2H3,(H,19,20)/t10-/m0/s1. The molecule has 2 rings (SSSR count). The van der Waals surface area contributed by atoms with E-state index in [1.165, 1.54) is 0 Å². The molecule has 0 aliphatic heterocycles. The van der Waals surface area contributed by atoms with Crippen LogP contribution < -0.4 is 15.8 Å². The molecule has 0 saturated heterocycles. The normalized spacial score (nSPS) is 11.8. The number of rotatable bonds is 4. The second-order valence-corrected chi connectivity index (χ2v) is 5.66. The Labute approximate surface area is 132 Å². The Bertz CT molecular complexity index is 638. The van der Waals surface area contributed by atoms with E-state index in [9.17, 15) is 4.79 Å². The van der Waals surface area contributed by atoms with Gasteiger partial charge in [-0.1, -0.05) is 28.1 Å². The molecule has 5 heteroatoms. The Morgan fingerprint density at radius 1 is 1.29 bits per heavy atom. The molecular formula is C16H17BrN2O2. The molecule has 4 nitrogen and oxygen atoms in total. The first-order chi connectivity index (χ1) is 9.99. The average Bonchev–Trinajstić information content (AvgIpc) is 2.46. The second-order valence-electron chi connectivity index (χ2n) is 4.75. The molecule has 0 aliphatic carbocycles. The van der Waals surface area contributed by atoms with E-state index in [1.807, 2.05) is 31.2 Å². The van der Waals surface area contributed by atoms with Gasteiger partial charge in [0.05, 0.1) is 13.2 Å². The highest BCUT2D eigenvalue weighted by Crippen LogP contribution is 2.21. The number of ether oxygens (including phenoxy) is 1. The van der Waals surface area contributed by atoms with Gasteiger partial charge in [0.15, 0.2) is 0 Å². The third-order valence-electron chi connectivity index (χ3n) is 3.12. The maximum absolute atomic E-state index is 12.3. The van der Waals surface area contributed by atoms with E-state index in [-0.39, 0.29) is 11.9 Å². The molecular weight excluding hydrogens is 332 g/mol. The lowest BCUT2D eigenvalue weighted by molar-refractivity contribution is 0.0940. The number of nitrogen functional groups attached to an aromatic ring is 1. The van der Waals surface area contributed by atoms with Gasteiger partial charge in [-0.05, 0) is 42.8 Å². The third-order valence-corrected chi connectivity index (χ3v) is 3.58. The predicted molar refractivity (Wildman–Crippen MR) is 87.4 cm³/mol. The Morgan fingerprint density at radius 2 is 2.05 bits per heavy atom. The summed E-state index contributed by atoms with van der Waals surface area (Å²) in [5.74, 6) is 0.596. The zero-order chi connectivity index (χ0) is 15.4. The van der Waals surface area contributed by atoms with Crippen molar-refractivity contribution in [2.75, 3.05) is 12.8 Å². The Hall–Kier alpha value is -2.01. The Morgan fingerprint density at radius 3 is 2.71 bits per heavy atom. The molecule has 0 spiro atoms. The van der Waals surface area contributed by atoms with E-state index in [1.54, 1.807) is 25.3 Å². The molecule has 3 N–H and O–H groups in total. The number of benzene rings is 2. The Balaban J connectivity index is 2.14. The number of methoxy groups -OCH3 is 1. The molecule has 2 aromatic rings. The van der Waals surface area contributed by atoms with E-state index in [4.69, 9.17) is 10.5 Å². The fourth-order valence-electron chi connectivity index (χ4n) is 2.02. The van der Waals surface area contributed by atoms with Gasteiger partial charge < -0.3 is 15.8 Å². The van der Waals surface area contributed by atoms with Gasteiger partial charge in [0.2, 0.25) is 0 Å². The number of hydrogen-bond acceptors (Lipinski definition) is 3. The molecule has 0 saturated carbocycles. The summed E-state index contributed by atoms with van der Waals surface area (Å²) in [6.45, 7) is 1.92. The molecule has 110 valence electrons. The maximum atomic E-state index is 12.3. The van der Waals surface area contributed by atoms with Gasteiger partial charge >= 0.3 is 0 Å². The lowest BCUT2D eigenvalue weighted by Crippen LogP contribution is -2.26. The van der Waals surface area contributed by atoms with Gasteiger partial charge in [0, 0.05) is 15.7 Å². The molecule has 21 heavy (non-hydrogen) atoms. The van der Waals surface area contributed by atoms with Crippen molar-refractivity contribution < 1.29 is 9.53 Å². The zero-order valence-electron chi connectivity index (χ0n) is 11.9. The van der Waals surface area contributed by atoms with Crippen molar-refractivity contribution in [3.05, 3.63) is 58.1 Å². The quantitative estimate of drug-likeness (QED) is 0.830. The largest absolute Gasteiger partial charge is 0.497 e. The van der Waals surface area contributed by atoms with Crippen LogP contribution in [0.4, 0.5) is 5.69 Å². The summed E-state index contributed by atoms with van der Waals surface area (Å²) in [5.41, 5.74) is 7.80. The van der Waals surface area contributed by atoms with Crippen molar-refractivity contribution >= 4 is 27.5 Å². The fourth-order valence-corrected chi connectivity index (χ4v) is 2.53. The van der Waals surface area contributed by atoms with Crippen LogP contribution in [-0.2, 0) is 0 Å². The number of hydrogen-bond donors (Lipinski definition) is 2. The second kappa shape index (κ2) is 6.63. The van der Waals surface area contributed by atoms with Gasteiger partial charge in [0.1, 0.15) is 5.75 Å². The maximum Gasteiger partial charge on any atom is 0.251 e. The van der Waals surface area contributed by atoms with E-state index >= 15 is 0 Å². The molecule has 1 amide bonds. The van der Waals surface area contributed by atoms with Crippen LogP contribution in [-0.4, -0.2) is 13.0 Å². The lowest BCUT2D eigenvalue weighted by atomic mass is 10.1. The fraction of sp³-hybridized carbons (Fsp3) is 0.188. The summed E-state index contributed by atoms with van der Waals surface area (Å²) in [5, 5.41) is 2.95. The van der Waals surface area contributed by atoms with Gasteiger partial charge in [-0.3, -0.25) is 4.79 Å². The monoisotopic (exact) mass is 348 g/mol. The third kappa shape index (κ3) is 3.98. The SMILES string of the molecule is COc1cccc([C@H](C)NC(=O)c2cc(N)cc(Br)c2)c1. The number of anilines is 1. The topological polar surface area (TPSA) is 64.3 Å². The minimum absolute atomic E-state index is 0.132. The van der Waals surface area contributed by atoms with Crippen molar-refractivity contribution in [1.29, 1.82) is 0 Å². The van der Waals surface area contributed by atoms with Crippen molar-refractivity contribution in [2.24, 2.45) is 0 Å². The average molecular weight is 349 g/mol. The minimum atomic E-state index is -0.168. The first-order valence-electron chi connectivity index (χ1n) is 6.50. The molecule has 1 atom stereocenters. The highest BCUT2D eigenvalue weighted by molar-refractivity contribution is 9.10. The van der Waals surface area contributed by atoms with Crippen LogP contribution >= 0.6 is 15.9 Å². The molecule has 0 bridgehead atoms. The van der Waals surface area contributed by atoms with Crippen molar-refractivity contribution in [1.82, 2.24) is 5.32 Å². The van der Waals surface area contributed by atoms with E-state index in [2.05, 4.69) is 21.2 Å². The van der Waals surface area contributed by atoms with Crippen LogP contribution in [0.25, 0.3) is 0 Å². The first-order valence-corrected chi connectivity index (χ1v) is 7.30. The number of nitrogens with two attached hydrogens (primary N) is 1. The number of halogens is 1. The van der Waals surface area contributed by atoms with E-state index in [0.29, 0.717) is 11.3 Å². The summed E-state index contributed by atoms with van der Waals surface area (Å²) in [7, 11) is 1.62. The molecule has 0 radical (unpaired) electrons. The Kier molecular flexibility index (Phi) is 4.85. The summed E-state index contributed by atoms with van der Waals surface area (Å²) in [6, 6.07) is 12.6. The molecule has 0 aromatic heterocycles. The minimum Gasteiger partial charge on any atom is -0.497 e. The first kappa shape index (κ1) is 15.4. The van der Waals surface area contributed by atoms with Crippen molar-refractivity contribution in [2.45, 2.75) is 13.0 Å².